The van der Waals surface area contributed by atoms with E-state index in [1.807, 2.05) is 7.05 Å². The molecule has 1 unspecified atom stereocenters. The molecule has 19 heavy (non-hydrogen) atoms. The lowest BCUT2D eigenvalue weighted by atomic mass is 10.1. The number of hydrogen-bond acceptors (Lipinski definition) is 5. The highest BCUT2D eigenvalue weighted by molar-refractivity contribution is 5.57. The lowest BCUT2D eigenvalue weighted by molar-refractivity contribution is 0.399. The van der Waals surface area contributed by atoms with Gasteiger partial charge in [-0.3, -0.25) is 0 Å². The maximum Gasteiger partial charge on any atom is 0.134 e. The summed E-state index contributed by atoms with van der Waals surface area (Å²) in [6, 6.07) is 0. The van der Waals surface area contributed by atoms with Gasteiger partial charge in [-0.15, -0.1) is 0 Å². The summed E-state index contributed by atoms with van der Waals surface area (Å²) in [5, 5.41) is 6.67. The van der Waals surface area contributed by atoms with Gasteiger partial charge in [0.1, 0.15) is 18.0 Å². The van der Waals surface area contributed by atoms with E-state index in [0.29, 0.717) is 0 Å². The molecule has 1 saturated heterocycles. The molecular formula is C14H25N5. The summed E-state index contributed by atoms with van der Waals surface area (Å²) in [5.74, 6) is 2.67. The zero-order valence-electron chi connectivity index (χ0n) is 12.2. The molecule has 0 saturated carbocycles. The summed E-state index contributed by atoms with van der Waals surface area (Å²) in [6.07, 6.45) is 5.01. The predicted molar refractivity (Wildman–Crippen MR) is 79.7 cm³/mol. The molecule has 1 aliphatic heterocycles. The first-order chi connectivity index (χ1) is 9.24. The number of nitrogens with one attached hydrogen (secondary N) is 2. The molecule has 1 aromatic rings. The number of aromatic nitrogens is 2. The van der Waals surface area contributed by atoms with Crippen LogP contribution in [0.4, 0.5) is 11.6 Å². The van der Waals surface area contributed by atoms with Gasteiger partial charge in [0.15, 0.2) is 0 Å². The van der Waals surface area contributed by atoms with Crippen molar-refractivity contribution in [3.8, 4) is 0 Å². The molecule has 5 nitrogen and oxygen atoms in total. The first kappa shape index (κ1) is 14.1. The molecule has 106 valence electrons. The van der Waals surface area contributed by atoms with Crippen LogP contribution in [0.1, 0.15) is 25.3 Å². The maximum atomic E-state index is 4.41. The minimum absolute atomic E-state index is 0.729. The minimum atomic E-state index is 0.729. The van der Waals surface area contributed by atoms with Crippen LogP contribution in [0.5, 0.6) is 0 Å². The molecule has 1 fully saturated rings. The highest BCUT2D eigenvalue weighted by atomic mass is 15.1. The van der Waals surface area contributed by atoms with Crippen molar-refractivity contribution in [2.24, 2.45) is 5.92 Å². The van der Waals surface area contributed by atoms with Gasteiger partial charge in [0.05, 0.1) is 0 Å². The molecule has 2 N–H and O–H groups in total. The van der Waals surface area contributed by atoms with E-state index in [-0.39, 0.29) is 0 Å². The average molecular weight is 263 g/mol. The Balaban J connectivity index is 2.02. The summed E-state index contributed by atoms with van der Waals surface area (Å²) in [4.78, 5) is 11.1. The normalized spacial score (nSPS) is 19.6. The van der Waals surface area contributed by atoms with E-state index in [0.717, 1.165) is 36.9 Å². The van der Waals surface area contributed by atoms with E-state index >= 15 is 0 Å². The summed E-state index contributed by atoms with van der Waals surface area (Å²) < 4.78 is 0. The fourth-order valence-corrected chi connectivity index (χ4v) is 2.70. The Labute approximate surface area is 115 Å². The third-order valence-electron chi connectivity index (χ3n) is 3.73. The Morgan fingerprint density at radius 1 is 1.37 bits per heavy atom. The Bertz CT molecular complexity index is 407. The number of nitrogens with zero attached hydrogens (tertiary/aromatic N) is 3. The summed E-state index contributed by atoms with van der Waals surface area (Å²) in [7, 11) is 4.10. The lowest BCUT2D eigenvalue weighted by Crippen LogP contribution is -2.20. The zero-order valence-corrected chi connectivity index (χ0v) is 12.2. The van der Waals surface area contributed by atoms with Gasteiger partial charge < -0.3 is 15.5 Å². The van der Waals surface area contributed by atoms with Crippen molar-refractivity contribution < 1.29 is 0 Å². The highest BCUT2D eigenvalue weighted by Crippen LogP contribution is 2.22. The van der Waals surface area contributed by atoms with Crippen molar-refractivity contribution in [2.45, 2.75) is 26.2 Å². The monoisotopic (exact) mass is 263 g/mol. The van der Waals surface area contributed by atoms with Crippen LogP contribution in [0.2, 0.25) is 0 Å². The molecule has 1 aliphatic rings. The van der Waals surface area contributed by atoms with Crippen LogP contribution >= 0.6 is 0 Å². The Morgan fingerprint density at radius 3 is 2.79 bits per heavy atom. The van der Waals surface area contributed by atoms with Crippen LogP contribution in [0.3, 0.4) is 0 Å². The lowest BCUT2D eigenvalue weighted by Gasteiger charge is -2.16. The summed E-state index contributed by atoms with van der Waals surface area (Å²) in [5.41, 5.74) is 1.21. The molecule has 0 radical (unpaired) electrons. The molecular weight excluding hydrogens is 238 g/mol. The number of rotatable bonds is 6. The molecule has 5 heteroatoms. The summed E-state index contributed by atoms with van der Waals surface area (Å²) in [6.45, 7) is 5.57. The average Bonchev–Trinajstić information content (AvgIpc) is 2.83. The zero-order chi connectivity index (χ0) is 13.7. The van der Waals surface area contributed by atoms with Crippen LogP contribution in [0.15, 0.2) is 6.33 Å². The largest absolute Gasteiger partial charge is 0.373 e. The van der Waals surface area contributed by atoms with Crippen LogP contribution in [-0.4, -0.2) is 48.6 Å². The molecule has 0 aliphatic carbocycles. The fraction of sp³-hybridized carbons (Fsp3) is 0.714. The Kier molecular flexibility index (Phi) is 4.96. The van der Waals surface area contributed by atoms with Crippen LogP contribution in [-0.2, 0) is 6.42 Å². The second-order valence-electron chi connectivity index (χ2n) is 5.35. The molecule has 0 spiro atoms. The van der Waals surface area contributed by atoms with Gasteiger partial charge in [-0.1, -0.05) is 13.3 Å². The van der Waals surface area contributed by atoms with Gasteiger partial charge in [-0.25, -0.2) is 9.97 Å². The number of hydrogen-bond donors (Lipinski definition) is 2. The molecule has 0 bridgehead atoms. The van der Waals surface area contributed by atoms with Gasteiger partial charge in [0, 0.05) is 25.7 Å². The van der Waals surface area contributed by atoms with Gasteiger partial charge in [0.25, 0.3) is 0 Å². The van der Waals surface area contributed by atoms with Gasteiger partial charge in [-0.2, -0.15) is 0 Å². The third-order valence-corrected chi connectivity index (χ3v) is 3.73. The number of anilines is 2. The standard InChI is InChI=1S/C14H25N5/c1-4-5-12-13(15-2)17-10-18-14(12)16-8-11-6-7-19(3)9-11/h10-11H,4-9H2,1-3H3,(H2,15,16,17,18). The van der Waals surface area contributed by atoms with Crippen molar-refractivity contribution in [1.82, 2.24) is 14.9 Å². The van der Waals surface area contributed by atoms with E-state index < -0.39 is 0 Å². The van der Waals surface area contributed by atoms with Crippen LogP contribution in [0, 0.1) is 5.92 Å². The summed E-state index contributed by atoms with van der Waals surface area (Å²) >= 11 is 0. The third kappa shape index (κ3) is 3.56. The minimum Gasteiger partial charge on any atom is -0.373 e. The SMILES string of the molecule is CCCc1c(NC)ncnc1NCC1CCN(C)C1. The van der Waals surface area contributed by atoms with E-state index in [4.69, 9.17) is 0 Å². The fourth-order valence-electron chi connectivity index (χ4n) is 2.70. The smallest absolute Gasteiger partial charge is 0.134 e. The Morgan fingerprint density at radius 2 is 2.16 bits per heavy atom. The van der Waals surface area contributed by atoms with Crippen LogP contribution in [0.25, 0.3) is 0 Å². The quantitative estimate of drug-likeness (QED) is 0.820. The first-order valence-corrected chi connectivity index (χ1v) is 7.18. The topological polar surface area (TPSA) is 53.1 Å². The van der Waals surface area contributed by atoms with Crippen molar-refractivity contribution in [1.29, 1.82) is 0 Å². The van der Waals surface area contributed by atoms with Crippen molar-refractivity contribution in [3.05, 3.63) is 11.9 Å². The maximum absolute atomic E-state index is 4.41. The molecule has 2 heterocycles. The molecule has 1 atom stereocenters. The second kappa shape index (κ2) is 6.70. The Hall–Kier alpha value is -1.36. The van der Waals surface area contributed by atoms with Crippen molar-refractivity contribution in [2.75, 3.05) is 44.4 Å². The van der Waals surface area contributed by atoms with Crippen molar-refractivity contribution in [3.63, 3.8) is 0 Å². The van der Waals surface area contributed by atoms with Gasteiger partial charge in [0.2, 0.25) is 0 Å². The molecule has 0 aromatic carbocycles. The molecule has 1 aromatic heterocycles. The highest BCUT2D eigenvalue weighted by Gasteiger charge is 2.19. The number of likely N-dealkylation sites (tertiary alicyclic amines) is 1. The van der Waals surface area contributed by atoms with E-state index in [9.17, 15) is 0 Å². The van der Waals surface area contributed by atoms with E-state index in [2.05, 4.69) is 39.5 Å². The predicted octanol–water partition coefficient (Wildman–Crippen LogP) is 1.83. The molecule has 0 amide bonds. The second-order valence-corrected chi connectivity index (χ2v) is 5.35. The van der Waals surface area contributed by atoms with E-state index in [1.54, 1.807) is 6.33 Å². The first-order valence-electron chi connectivity index (χ1n) is 7.18. The van der Waals surface area contributed by atoms with E-state index in [1.165, 1.54) is 25.1 Å². The van der Waals surface area contributed by atoms with Gasteiger partial charge in [-0.05, 0) is 32.4 Å². The van der Waals surface area contributed by atoms with Crippen LogP contribution < -0.4 is 10.6 Å². The van der Waals surface area contributed by atoms with Crippen molar-refractivity contribution >= 4 is 11.6 Å². The molecule has 2 rings (SSSR count). The van der Waals surface area contributed by atoms with Gasteiger partial charge >= 0.3 is 0 Å².